The molecule has 0 radical (unpaired) electrons. The van der Waals surface area contributed by atoms with E-state index in [2.05, 4.69) is 15.2 Å². The Balaban J connectivity index is 2.07. The molecule has 5 nitrogen and oxygen atoms in total. The highest BCUT2D eigenvalue weighted by Gasteiger charge is 2.12. The van der Waals surface area contributed by atoms with Gasteiger partial charge in [-0.05, 0) is 24.3 Å². The molecule has 8 heteroatoms. The molecule has 0 bridgehead atoms. The van der Waals surface area contributed by atoms with Gasteiger partial charge in [0.15, 0.2) is 5.65 Å². The lowest BCUT2D eigenvalue weighted by atomic mass is 10.3. The smallest absolute Gasteiger partial charge is 0.185 e. The monoisotopic (exact) mass is 325 g/mol. The van der Waals surface area contributed by atoms with Crippen molar-refractivity contribution in [3.05, 3.63) is 34.3 Å². The molecular weight excluding hydrogens is 317 g/mol. The Bertz CT molecular complexity index is 802. The molecule has 0 unspecified atom stereocenters. The predicted octanol–water partition coefficient (Wildman–Crippen LogP) is 3.58. The van der Waals surface area contributed by atoms with Gasteiger partial charge in [-0.1, -0.05) is 35.0 Å². The highest BCUT2D eigenvalue weighted by atomic mass is 35.5. The highest BCUT2D eigenvalue weighted by molar-refractivity contribution is 7.99. The molecule has 0 fully saturated rings. The van der Waals surface area contributed by atoms with E-state index in [4.69, 9.17) is 34.7 Å². The van der Waals surface area contributed by atoms with Gasteiger partial charge in [0.2, 0.25) is 0 Å². The van der Waals surface area contributed by atoms with Crippen molar-refractivity contribution in [2.24, 2.45) is 0 Å². The fourth-order valence-electron chi connectivity index (χ4n) is 1.71. The van der Waals surface area contributed by atoms with Gasteiger partial charge < -0.3 is 11.5 Å². The van der Waals surface area contributed by atoms with Crippen LogP contribution < -0.4 is 11.5 Å². The summed E-state index contributed by atoms with van der Waals surface area (Å²) in [5.74, 6) is 0.816. The first kappa shape index (κ1) is 13.4. The van der Waals surface area contributed by atoms with Crippen LogP contribution in [0.25, 0.3) is 11.0 Å². The van der Waals surface area contributed by atoms with Crippen LogP contribution in [0.5, 0.6) is 0 Å². The second kappa shape index (κ2) is 5.05. The average Bonchev–Trinajstić information content (AvgIpc) is 2.75. The number of rotatable bonds is 2. The van der Waals surface area contributed by atoms with Crippen molar-refractivity contribution >= 4 is 57.6 Å². The van der Waals surface area contributed by atoms with Gasteiger partial charge in [0.05, 0.1) is 15.3 Å². The number of nitrogens with two attached hydrogens (primary N) is 2. The van der Waals surface area contributed by atoms with E-state index in [-0.39, 0.29) is 0 Å². The molecule has 5 N–H and O–H groups in total. The van der Waals surface area contributed by atoms with Crippen molar-refractivity contribution in [2.45, 2.75) is 9.79 Å². The third-order valence-electron chi connectivity index (χ3n) is 2.68. The summed E-state index contributed by atoms with van der Waals surface area (Å²) in [4.78, 5) is 5.75. The zero-order valence-corrected chi connectivity index (χ0v) is 12.4. The van der Waals surface area contributed by atoms with E-state index in [1.54, 1.807) is 18.2 Å². The van der Waals surface area contributed by atoms with Crippen LogP contribution >= 0.6 is 35.0 Å². The first-order chi connectivity index (χ1) is 9.54. The Morgan fingerprint density at radius 3 is 2.70 bits per heavy atom. The molecule has 2 heterocycles. The summed E-state index contributed by atoms with van der Waals surface area (Å²) in [6.07, 6.45) is 0. The SMILES string of the molecule is Nc1nc2n[nH]c(N)c2cc1Sc1cc(Cl)ccc1Cl. The van der Waals surface area contributed by atoms with Crippen molar-refractivity contribution < 1.29 is 0 Å². The van der Waals surface area contributed by atoms with Crippen molar-refractivity contribution in [2.75, 3.05) is 11.5 Å². The Kier molecular flexibility index (Phi) is 3.37. The number of hydrogen-bond acceptors (Lipinski definition) is 5. The lowest BCUT2D eigenvalue weighted by Gasteiger charge is -2.07. The number of pyridine rings is 1. The first-order valence-corrected chi connectivity index (χ1v) is 7.15. The average molecular weight is 326 g/mol. The lowest BCUT2D eigenvalue weighted by molar-refractivity contribution is 1.10. The Labute approximate surface area is 128 Å². The summed E-state index contributed by atoms with van der Waals surface area (Å²) >= 11 is 13.5. The molecule has 0 saturated carbocycles. The second-order valence-electron chi connectivity index (χ2n) is 4.06. The summed E-state index contributed by atoms with van der Waals surface area (Å²) < 4.78 is 0. The first-order valence-electron chi connectivity index (χ1n) is 5.57. The highest BCUT2D eigenvalue weighted by Crippen LogP contribution is 2.38. The number of fused-ring (bicyclic) bond motifs is 1. The molecule has 0 saturated heterocycles. The maximum absolute atomic E-state index is 6.14. The number of nitrogens with zero attached hydrogens (tertiary/aromatic N) is 2. The molecule has 0 atom stereocenters. The number of aromatic amines is 1. The molecular formula is C12H9Cl2N5S. The van der Waals surface area contributed by atoms with Crippen LogP contribution in [0.2, 0.25) is 10.0 Å². The van der Waals surface area contributed by atoms with Crippen LogP contribution in [0.1, 0.15) is 0 Å². The van der Waals surface area contributed by atoms with Crippen molar-refractivity contribution in [1.29, 1.82) is 0 Å². The zero-order valence-electron chi connectivity index (χ0n) is 10.0. The minimum Gasteiger partial charge on any atom is -0.384 e. The molecule has 2 aromatic heterocycles. The van der Waals surface area contributed by atoms with Gasteiger partial charge in [-0.25, -0.2) is 4.98 Å². The number of halogens is 2. The number of anilines is 2. The molecule has 0 aliphatic carbocycles. The molecule has 20 heavy (non-hydrogen) atoms. The van der Waals surface area contributed by atoms with E-state index < -0.39 is 0 Å². The Morgan fingerprint density at radius 2 is 1.90 bits per heavy atom. The number of aromatic nitrogens is 3. The Hall–Kier alpha value is -1.63. The van der Waals surface area contributed by atoms with Gasteiger partial charge in [0, 0.05) is 9.92 Å². The number of nitrogens with one attached hydrogen (secondary N) is 1. The fraction of sp³-hybridized carbons (Fsp3) is 0. The standard InChI is InChI=1S/C12H9Cl2N5S/c13-5-1-2-7(14)8(3-5)20-9-4-6-10(15)18-19-12(6)17-11(9)16/h1-4H,(H5,15,16,17,18,19). The second-order valence-corrected chi connectivity index (χ2v) is 5.98. The van der Waals surface area contributed by atoms with E-state index >= 15 is 0 Å². The minimum atomic E-state index is 0.366. The van der Waals surface area contributed by atoms with Gasteiger partial charge in [0.1, 0.15) is 11.6 Å². The number of nitrogen functional groups attached to an aromatic ring is 2. The predicted molar refractivity (Wildman–Crippen MR) is 83.3 cm³/mol. The van der Waals surface area contributed by atoms with Crippen LogP contribution in [0.4, 0.5) is 11.6 Å². The molecule has 3 rings (SSSR count). The summed E-state index contributed by atoms with van der Waals surface area (Å²) in [6, 6.07) is 7.07. The van der Waals surface area contributed by atoms with Gasteiger partial charge in [0.25, 0.3) is 0 Å². The molecule has 0 spiro atoms. The molecule has 102 valence electrons. The van der Waals surface area contributed by atoms with E-state index in [0.717, 1.165) is 15.2 Å². The van der Waals surface area contributed by atoms with Crippen LogP contribution in [-0.2, 0) is 0 Å². The normalized spacial score (nSPS) is 11.1. The van der Waals surface area contributed by atoms with Crippen molar-refractivity contribution in [3.8, 4) is 0 Å². The molecule has 0 amide bonds. The van der Waals surface area contributed by atoms with Gasteiger partial charge in [-0.3, -0.25) is 5.10 Å². The van der Waals surface area contributed by atoms with E-state index in [1.807, 2.05) is 6.07 Å². The summed E-state index contributed by atoms with van der Waals surface area (Å²) in [6.45, 7) is 0. The quantitative estimate of drug-likeness (QED) is 0.669. The summed E-state index contributed by atoms with van der Waals surface area (Å²) in [7, 11) is 0. The van der Waals surface area contributed by atoms with Crippen LogP contribution in [0.3, 0.4) is 0 Å². The maximum Gasteiger partial charge on any atom is 0.185 e. The van der Waals surface area contributed by atoms with Gasteiger partial charge >= 0.3 is 0 Å². The topological polar surface area (TPSA) is 93.6 Å². The van der Waals surface area contributed by atoms with Crippen LogP contribution in [0, 0.1) is 0 Å². The maximum atomic E-state index is 6.14. The number of H-pyrrole nitrogens is 1. The van der Waals surface area contributed by atoms with E-state index in [1.165, 1.54) is 11.8 Å². The Morgan fingerprint density at radius 1 is 1.10 bits per heavy atom. The van der Waals surface area contributed by atoms with Gasteiger partial charge in [-0.2, -0.15) is 5.10 Å². The molecule has 1 aromatic carbocycles. The number of benzene rings is 1. The molecule has 0 aliphatic rings. The van der Waals surface area contributed by atoms with Crippen molar-refractivity contribution in [1.82, 2.24) is 15.2 Å². The largest absolute Gasteiger partial charge is 0.384 e. The zero-order chi connectivity index (χ0) is 14.3. The summed E-state index contributed by atoms with van der Waals surface area (Å²) in [5, 5.41) is 8.55. The third-order valence-corrected chi connectivity index (χ3v) is 4.46. The lowest BCUT2D eigenvalue weighted by Crippen LogP contribution is -1.94. The van der Waals surface area contributed by atoms with Crippen LogP contribution in [-0.4, -0.2) is 15.2 Å². The third kappa shape index (κ3) is 2.37. The molecule has 3 aromatic rings. The minimum absolute atomic E-state index is 0.366. The van der Waals surface area contributed by atoms with Gasteiger partial charge in [-0.15, -0.1) is 0 Å². The number of hydrogen-bond donors (Lipinski definition) is 3. The van der Waals surface area contributed by atoms with Crippen LogP contribution in [0.15, 0.2) is 34.1 Å². The summed E-state index contributed by atoms with van der Waals surface area (Å²) in [5.41, 5.74) is 12.2. The van der Waals surface area contributed by atoms with E-state index in [9.17, 15) is 0 Å². The van der Waals surface area contributed by atoms with E-state index in [0.29, 0.717) is 27.3 Å². The fourth-order valence-corrected chi connectivity index (χ4v) is 3.10. The van der Waals surface area contributed by atoms with Crippen molar-refractivity contribution in [3.63, 3.8) is 0 Å². The molecule has 0 aliphatic heterocycles.